The van der Waals surface area contributed by atoms with Crippen molar-refractivity contribution < 1.29 is 4.43 Å². The monoisotopic (exact) mass is 424 g/mol. The second-order valence-corrected chi connectivity index (χ2v) is 14.8. The topological polar surface area (TPSA) is 35.0 Å². The lowest BCUT2D eigenvalue weighted by atomic mass is 9.86. The van der Waals surface area contributed by atoms with Crippen LogP contribution < -0.4 is 0 Å². The van der Waals surface area contributed by atoms with Crippen molar-refractivity contribution in [3.05, 3.63) is 10.0 Å². The van der Waals surface area contributed by atoms with Gasteiger partial charge in [-0.15, -0.1) is 10.2 Å². The van der Waals surface area contributed by atoms with Gasteiger partial charge in [-0.05, 0) is 37.9 Å². The van der Waals surface area contributed by atoms with E-state index in [0.717, 1.165) is 8.93 Å². The average molecular weight is 424 g/mol. The first-order chi connectivity index (χ1) is 9.10. The standard InChI is InChI=1S/C14H25IN2OSSi/c1-9(18-20(5,6)14(2,3)4)12-16-17-13(19-12)10-7-11(15)8-10/h9-11H,7-8H2,1-6H3/t9-,10?,11?/m1/s1. The average Bonchev–Trinajstić information content (AvgIpc) is 2.71. The van der Waals surface area contributed by atoms with Crippen LogP contribution in [0.3, 0.4) is 0 Å². The summed E-state index contributed by atoms with van der Waals surface area (Å²) in [4.78, 5) is 0. The van der Waals surface area contributed by atoms with Crippen LogP contribution in [0.25, 0.3) is 0 Å². The van der Waals surface area contributed by atoms with Crippen molar-refractivity contribution in [2.24, 2.45) is 0 Å². The highest BCUT2D eigenvalue weighted by Crippen LogP contribution is 2.44. The summed E-state index contributed by atoms with van der Waals surface area (Å²) in [6, 6.07) is 0. The first-order valence-electron chi connectivity index (χ1n) is 7.25. The van der Waals surface area contributed by atoms with Crippen LogP contribution in [-0.4, -0.2) is 22.4 Å². The molecule has 0 aliphatic heterocycles. The molecule has 1 atom stereocenters. The zero-order chi connectivity index (χ0) is 15.1. The van der Waals surface area contributed by atoms with E-state index in [2.05, 4.69) is 73.6 Å². The summed E-state index contributed by atoms with van der Waals surface area (Å²) < 4.78 is 7.22. The van der Waals surface area contributed by atoms with Gasteiger partial charge < -0.3 is 4.43 Å². The minimum Gasteiger partial charge on any atom is -0.408 e. The van der Waals surface area contributed by atoms with Gasteiger partial charge in [0.15, 0.2) is 8.32 Å². The first kappa shape index (κ1) is 16.8. The summed E-state index contributed by atoms with van der Waals surface area (Å²) in [6.07, 6.45) is 2.58. The van der Waals surface area contributed by atoms with Gasteiger partial charge >= 0.3 is 0 Å². The molecule has 1 fully saturated rings. The zero-order valence-electron chi connectivity index (χ0n) is 13.2. The van der Waals surface area contributed by atoms with Crippen LogP contribution in [0.15, 0.2) is 0 Å². The maximum absolute atomic E-state index is 6.40. The molecule has 0 saturated heterocycles. The van der Waals surface area contributed by atoms with Crippen LogP contribution in [0, 0.1) is 0 Å². The third-order valence-electron chi connectivity index (χ3n) is 4.51. The Morgan fingerprint density at radius 2 is 1.90 bits per heavy atom. The van der Waals surface area contributed by atoms with Crippen molar-refractivity contribution in [2.45, 2.75) is 74.6 Å². The Labute approximate surface area is 141 Å². The predicted octanol–water partition coefficient (Wildman–Crippen LogP) is 5.30. The van der Waals surface area contributed by atoms with Crippen LogP contribution in [0.5, 0.6) is 0 Å². The summed E-state index contributed by atoms with van der Waals surface area (Å²) in [7, 11) is -1.74. The molecule has 114 valence electrons. The third-order valence-corrected chi connectivity index (χ3v) is 11.3. The zero-order valence-corrected chi connectivity index (χ0v) is 17.2. The molecule has 0 spiro atoms. The molecule has 1 heterocycles. The van der Waals surface area contributed by atoms with Gasteiger partial charge in [0.05, 0.1) is 6.10 Å². The van der Waals surface area contributed by atoms with E-state index in [0.29, 0.717) is 5.92 Å². The van der Waals surface area contributed by atoms with Crippen LogP contribution in [0.4, 0.5) is 0 Å². The van der Waals surface area contributed by atoms with E-state index >= 15 is 0 Å². The van der Waals surface area contributed by atoms with Crippen LogP contribution in [-0.2, 0) is 4.43 Å². The molecule has 1 aliphatic rings. The largest absolute Gasteiger partial charge is 0.408 e. The van der Waals surface area contributed by atoms with Gasteiger partial charge in [-0.25, -0.2) is 0 Å². The number of alkyl halides is 1. The highest BCUT2D eigenvalue weighted by atomic mass is 127. The molecule has 0 N–H and O–H groups in total. The van der Waals surface area contributed by atoms with E-state index in [1.807, 2.05) is 0 Å². The van der Waals surface area contributed by atoms with Crippen LogP contribution >= 0.6 is 33.9 Å². The van der Waals surface area contributed by atoms with Gasteiger partial charge in [0.25, 0.3) is 0 Å². The Kier molecular flexibility index (Phi) is 4.99. The van der Waals surface area contributed by atoms with Crippen LogP contribution in [0.1, 0.15) is 62.6 Å². The fourth-order valence-corrected chi connectivity index (χ4v) is 5.61. The summed E-state index contributed by atoms with van der Waals surface area (Å²) in [5, 5.41) is 11.2. The first-order valence-corrected chi connectivity index (χ1v) is 12.2. The smallest absolute Gasteiger partial charge is 0.193 e. The molecule has 1 aromatic heterocycles. The van der Waals surface area contributed by atoms with Crippen LogP contribution in [0.2, 0.25) is 18.1 Å². The molecule has 0 amide bonds. The Hall–Kier alpha value is 0.467. The Morgan fingerprint density at radius 1 is 1.30 bits per heavy atom. The minimum absolute atomic E-state index is 0.0672. The van der Waals surface area contributed by atoms with E-state index in [1.165, 1.54) is 17.8 Å². The molecular weight excluding hydrogens is 399 g/mol. The van der Waals surface area contributed by atoms with Gasteiger partial charge in [-0.3, -0.25) is 0 Å². The van der Waals surface area contributed by atoms with E-state index in [9.17, 15) is 0 Å². The van der Waals surface area contributed by atoms with E-state index in [1.54, 1.807) is 11.3 Å². The third kappa shape index (κ3) is 3.62. The normalized spacial score (nSPS) is 25.4. The predicted molar refractivity (Wildman–Crippen MR) is 96.4 cm³/mol. The molecule has 0 unspecified atom stereocenters. The number of rotatable bonds is 4. The van der Waals surface area contributed by atoms with Gasteiger partial charge in [-0.1, -0.05) is 54.7 Å². The minimum atomic E-state index is -1.74. The Balaban J connectivity index is 2.01. The second-order valence-electron chi connectivity index (χ2n) is 7.26. The molecular formula is C14H25IN2OSSi. The molecule has 2 rings (SSSR count). The summed E-state index contributed by atoms with van der Waals surface area (Å²) in [5.41, 5.74) is 0. The highest BCUT2D eigenvalue weighted by Gasteiger charge is 2.39. The van der Waals surface area contributed by atoms with Gasteiger partial charge in [0.2, 0.25) is 0 Å². The van der Waals surface area contributed by atoms with Crippen molar-refractivity contribution in [3.8, 4) is 0 Å². The highest BCUT2D eigenvalue weighted by molar-refractivity contribution is 14.1. The lowest BCUT2D eigenvalue weighted by Crippen LogP contribution is -2.41. The molecule has 1 aromatic rings. The maximum Gasteiger partial charge on any atom is 0.193 e. The van der Waals surface area contributed by atoms with Crippen molar-refractivity contribution >= 4 is 42.2 Å². The molecule has 3 nitrogen and oxygen atoms in total. The van der Waals surface area contributed by atoms with E-state index in [4.69, 9.17) is 4.43 Å². The SMILES string of the molecule is C[C@@H](O[Si](C)(C)C(C)(C)C)c1nnc(C2CC(I)C2)s1. The number of halogens is 1. The lowest BCUT2D eigenvalue weighted by Gasteiger charge is -2.37. The van der Waals surface area contributed by atoms with Gasteiger partial charge in [0, 0.05) is 9.84 Å². The Morgan fingerprint density at radius 3 is 2.40 bits per heavy atom. The van der Waals surface area contributed by atoms with Crippen molar-refractivity contribution in [2.75, 3.05) is 0 Å². The van der Waals surface area contributed by atoms with E-state index in [-0.39, 0.29) is 11.1 Å². The molecule has 0 bridgehead atoms. The lowest BCUT2D eigenvalue weighted by molar-refractivity contribution is 0.201. The molecule has 0 radical (unpaired) electrons. The summed E-state index contributed by atoms with van der Waals surface area (Å²) in [6.45, 7) is 13.5. The fourth-order valence-electron chi connectivity index (χ4n) is 1.99. The Bertz CT molecular complexity index is 466. The summed E-state index contributed by atoms with van der Waals surface area (Å²) >= 11 is 4.27. The maximum atomic E-state index is 6.40. The van der Waals surface area contributed by atoms with Crippen molar-refractivity contribution in [1.82, 2.24) is 10.2 Å². The molecule has 6 heteroatoms. The quantitative estimate of drug-likeness (QED) is 0.374. The molecule has 20 heavy (non-hydrogen) atoms. The number of hydrogen-bond acceptors (Lipinski definition) is 4. The molecule has 1 saturated carbocycles. The number of aromatic nitrogens is 2. The van der Waals surface area contributed by atoms with E-state index < -0.39 is 8.32 Å². The van der Waals surface area contributed by atoms with Gasteiger partial charge in [0.1, 0.15) is 10.0 Å². The van der Waals surface area contributed by atoms with Crippen molar-refractivity contribution in [1.29, 1.82) is 0 Å². The number of nitrogens with zero attached hydrogens (tertiary/aromatic N) is 2. The van der Waals surface area contributed by atoms with Gasteiger partial charge in [-0.2, -0.15) is 0 Å². The number of hydrogen-bond donors (Lipinski definition) is 0. The summed E-state index contributed by atoms with van der Waals surface area (Å²) in [5.74, 6) is 0.642. The molecule has 1 aliphatic carbocycles. The van der Waals surface area contributed by atoms with Crippen molar-refractivity contribution in [3.63, 3.8) is 0 Å². The molecule has 0 aromatic carbocycles. The fraction of sp³-hybridized carbons (Fsp3) is 0.857. The second kappa shape index (κ2) is 5.93.